The Morgan fingerprint density at radius 2 is 1.95 bits per heavy atom. The average Bonchev–Trinajstić information content (AvgIpc) is 2.92. The van der Waals surface area contributed by atoms with Crippen molar-refractivity contribution in [3.63, 3.8) is 0 Å². The molecule has 0 aliphatic carbocycles. The molecule has 22 heavy (non-hydrogen) atoms. The SMILES string of the molecule is O[C@@H]1COCC[C@H]1NCc1ccc2oc3ccccc3c2c1. The average molecular weight is 297 g/mol. The van der Waals surface area contributed by atoms with Gasteiger partial charge in [-0.2, -0.15) is 0 Å². The molecule has 1 saturated heterocycles. The number of hydrogen-bond acceptors (Lipinski definition) is 4. The summed E-state index contributed by atoms with van der Waals surface area (Å²) in [5.74, 6) is 0. The Morgan fingerprint density at radius 1 is 1.09 bits per heavy atom. The van der Waals surface area contributed by atoms with Gasteiger partial charge in [-0.25, -0.2) is 0 Å². The summed E-state index contributed by atoms with van der Waals surface area (Å²) in [6.45, 7) is 1.86. The highest BCUT2D eigenvalue weighted by atomic mass is 16.5. The smallest absolute Gasteiger partial charge is 0.135 e. The lowest BCUT2D eigenvalue weighted by Crippen LogP contribution is -2.46. The van der Waals surface area contributed by atoms with Crippen molar-refractivity contribution < 1.29 is 14.3 Å². The minimum Gasteiger partial charge on any atom is -0.456 e. The van der Waals surface area contributed by atoms with Gasteiger partial charge in [-0.1, -0.05) is 24.3 Å². The number of benzene rings is 2. The van der Waals surface area contributed by atoms with E-state index in [1.165, 1.54) is 5.56 Å². The van der Waals surface area contributed by atoms with E-state index in [0.29, 0.717) is 13.2 Å². The maximum Gasteiger partial charge on any atom is 0.135 e. The lowest BCUT2D eigenvalue weighted by Gasteiger charge is -2.28. The van der Waals surface area contributed by atoms with E-state index >= 15 is 0 Å². The summed E-state index contributed by atoms with van der Waals surface area (Å²) < 4.78 is 11.1. The van der Waals surface area contributed by atoms with Crippen LogP contribution in [-0.4, -0.2) is 30.5 Å². The van der Waals surface area contributed by atoms with E-state index in [9.17, 15) is 5.11 Å². The van der Waals surface area contributed by atoms with Crippen LogP contribution >= 0.6 is 0 Å². The number of hydrogen-bond donors (Lipinski definition) is 2. The number of aliphatic hydroxyl groups is 1. The highest BCUT2D eigenvalue weighted by molar-refractivity contribution is 6.04. The van der Waals surface area contributed by atoms with Crippen LogP contribution in [0.5, 0.6) is 0 Å². The van der Waals surface area contributed by atoms with Gasteiger partial charge in [0.1, 0.15) is 11.2 Å². The third-order valence-corrected chi connectivity index (χ3v) is 4.34. The fraction of sp³-hybridized carbons (Fsp3) is 0.333. The van der Waals surface area contributed by atoms with Crippen LogP contribution < -0.4 is 5.32 Å². The minimum absolute atomic E-state index is 0.102. The fourth-order valence-electron chi connectivity index (χ4n) is 3.09. The molecule has 2 N–H and O–H groups in total. The Balaban J connectivity index is 1.58. The van der Waals surface area contributed by atoms with Crippen molar-refractivity contribution in [1.29, 1.82) is 0 Å². The van der Waals surface area contributed by atoms with E-state index in [4.69, 9.17) is 9.15 Å². The third-order valence-electron chi connectivity index (χ3n) is 4.34. The Labute approximate surface area is 128 Å². The largest absolute Gasteiger partial charge is 0.456 e. The lowest BCUT2D eigenvalue weighted by molar-refractivity contribution is -0.0280. The Bertz CT molecular complexity index is 795. The Hall–Kier alpha value is -1.88. The molecule has 4 nitrogen and oxygen atoms in total. The lowest BCUT2D eigenvalue weighted by atomic mass is 10.1. The maximum absolute atomic E-state index is 9.92. The molecule has 0 saturated carbocycles. The molecule has 1 aliphatic rings. The van der Waals surface area contributed by atoms with Crippen LogP contribution in [0.2, 0.25) is 0 Å². The maximum atomic E-state index is 9.92. The quantitative estimate of drug-likeness (QED) is 0.780. The fourth-order valence-corrected chi connectivity index (χ4v) is 3.09. The molecule has 1 aliphatic heterocycles. The molecule has 4 heteroatoms. The molecule has 0 unspecified atom stereocenters. The van der Waals surface area contributed by atoms with Gasteiger partial charge in [0, 0.05) is 30.0 Å². The van der Waals surface area contributed by atoms with Gasteiger partial charge < -0.3 is 19.6 Å². The van der Waals surface area contributed by atoms with Crippen LogP contribution in [0.3, 0.4) is 0 Å². The molecule has 4 rings (SSSR count). The highest BCUT2D eigenvalue weighted by Crippen LogP contribution is 2.29. The first-order valence-corrected chi connectivity index (χ1v) is 7.70. The Morgan fingerprint density at radius 3 is 2.86 bits per heavy atom. The van der Waals surface area contributed by atoms with E-state index in [1.54, 1.807) is 0 Å². The number of ether oxygens (including phenoxy) is 1. The third kappa shape index (κ3) is 2.50. The molecule has 2 atom stereocenters. The second kappa shape index (κ2) is 5.72. The van der Waals surface area contributed by atoms with Gasteiger partial charge >= 0.3 is 0 Å². The van der Waals surface area contributed by atoms with Crippen molar-refractivity contribution in [1.82, 2.24) is 5.32 Å². The predicted molar refractivity (Wildman–Crippen MR) is 85.8 cm³/mol. The monoisotopic (exact) mass is 297 g/mol. The second-order valence-corrected chi connectivity index (χ2v) is 5.85. The zero-order chi connectivity index (χ0) is 14.9. The van der Waals surface area contributed by atoms with E-state index < -0.39 is 6.10 Å². The molecule has 0 amide bonds. The van der Waals surface area contributed by atoms with Crippen LogP contribution in [0.4, 0.5) is 0 Å². The van der Waals surface area contributed by atoms with E-state index in [1.807, 2.05) is 24.3 Å². The molecule has 3 aromatic rings. The van der Waals surface area contributed by atoms with E-state index in [-0.39, 0.29) is 6.04 Å². The van der Waals surface area contributed by atoms with E-state index in [2.05, 4.69) is 23.5 Å². The summed E-state index contributed by atoms with van der Waals surface area (Å²) in [4.78, 5) is 0. The molecule has 114 valence electrons. The molecule has 0 bridgehead atoms. The number of rotatable bonds is 3. The first-order chi connectivity index (χ1) is 10.8. The standard InChI is InChI=1S/C18H19NO3/c20-16-11-21-8-7-15(16)19-10-12-5-6-18-14(9-12)13-3-1-2-4-17(13)22-18/h1-6,9,15-16,19-20H,7-8,10-11H2/t15-,16-/m1/s1. The number of para-hydroxylation sites is 1. The minimum atomic E-state index is -0.424. The predicted octanol–water partition coefficient (Wildman–Crippen LogP) is 2.83. The first kappa shape index (κ1) is 13.8. The van der Waals surface area contributed by atoms with Gasteiger partial charge in [-0.3, -0.25) is 0 Å². The van der Waals surface area contributed by atoms with Crippen LogP contribution in [0.15, 0.2) is 46.9 Å². The van der Waals surface area contributed by atoms with Gasteiger partial charge in [0.15, 0.2) is 0 Å². The topological polar surface area (TPSA) is 54.6 Å². The van der Waals surface area contributed by atoms with Crippen molar-refractivity contribution in [2.45, 2.75) is 25.1 Å². The van der Waals surface area contributed by atoms with E-state index in [0.717, 1.165) is 34.9 Å². The van der Waals surface area contributed by atoms with Crippen LogP contribution in [0.25, 0.3) is 21.9 Å². The summed E-state index contributed by atoms with van der Waals surface area (Å²) in [5, 5.41) is 15.6. The van der Waals surface area contributed by atoms with Crippen molar-refractivity contribution in [2.75, 3.05) is 13.2 Å². The van der Waals surface area contributed by atoms with Crippen molar-refractivity contribution >= 4 is 21.9 Å². The van der Waals surface area contributed by atoms with Gasteiger partial charge in [-0.05, 0) is 30.2 Å². The molecule has 2 heterocycles. The number of furan rings is 1. The van der Waals surface area contributed by atoms with Gasteiger partial charge in [0.25, 0.3) is 0 Å². The molecule has 2 aromatic carbocycles. The first-order valence-electron chi connectivity index (χ1n) is 7.70. The normalized spacial score (nSPS) is 22.4. The highest BCUT2D eigenvalue weighted by Gasteiger charge is 2.22. The molecule has 1 aromatic heterocycles. The molecule has 1 fully saturated rings. The van der Waals surface area contributed by atoms with Crippen molar-refractivity contribution in [3.8, 4) is 0 Å². The van der Waals surface area contributed by atoms with Crippen molar-refractivity contribution in [3.05, 3.63) is 48.0 Å². The zero-order valence-electron chi connectivity index (χ0n) is 12.3. The van der Waals surface area contributed by atoms with Gasteiger partial charge in [-0.15, -0.1) is 0 Å². The van der Waals surface area contributed by atoms with Gasteiger partial charge in [0.2, 0.25) is 0 Å². The number of nitrogens with one attached hydrogen (secondary N) is 1. The number of fused-ring (bicyclic) bond motifs is 3. The molecular weight excluding hydrogens is 278 g/mol. The molecular formula is C18H19NO3. The second-order valence-electron chi connectivity index (χ2n) is 5.85. The summed E-state index contributed by atoms with van der Waals surface area (Å²) in [7, 11) is 0. The van der Waals surface area contributed by atoms with Crippen LogP contribution in [0, 0.1) is 0 Å². The Kier molecular flexibility index (Phi) is 3.58. The molecule has 0 radical (unpaired) electrons. The summed E-state index contributed by atoms with van der Waals surface area (Å²) in [5.41, 5.74) is 3.02. The summed E-state index contributed by atoms with van der Waals surface area (Å²) >= 11 is 0. The van der Waals surface area contributed by atoms with Crippen LogP contribution in [0.1, 0.15) is 12.0 Å². The number of aliphatic hydroxyl groups excluding tert-OH is 1. The summed E-state index contributed by atoms with van der Waals surface area (Å²) in [6, 6.07) is 14.5. The summed E-state index contributed by atoms with van der Waals surface area (Å²) in [6.07, 6.45) is 0.421. The molecule has 0 spiro atoms. The zero-order valence-corrected chi connectivity index (χ0v) is 12.3. The van der Waals surface area contributed by atoms with Crippen molar-refractivity contribution in [2.24, 2.45) is 0 Å². The van der Waals surface area contributed by atoms with Gasteiger partial charge in [0.05, 0.1) is 12.7 Å². The van der Waals surface area contributed by atoms with Crippen LogP contribution in [-0.2, 0) is 11.3 Å².